The Balaban J connectivity index is 2.15. The molecule has 0 aliphatic heterocycles. The molecule has 0 unspecified atom stereocenters. The van der Waals surface area contributed by atoms with E-state index in [0.717, 1.165) is 5.56 Å². The molecule has 0 fully saturated rings. The van der Waals surface area contributed by atoms with Gasteiger partial charge in [0, 0.05) is 5.56 Å². The number of rotatable bonds is 3. The van der Waals surface area contributed by atoms with Gasteiger partial charge in [0.2, 0.25) is 0 Å². The molecule has 2 rings (SSSR count). The molecule has 0 saturated carbocycles. The quantitative estimate of drug-likeness (QED) is 0.657. The van der Waals surface area contributed by atoms with Crippen LogP contribution in [0.4, 0.5) is 0 Å². The lowest BCUT2D eigenvalue weighted by atomic mass is 9.86. The van der Waals surface area contributed by atoms with Gasteiger partial charge in [-0.25, -0.2) is 5.43 Å². The number of hydrogen-bond donors (Lipinski definition) is 2. The molecule has 0 saturated heterocycles. The summed E-state index contributed by atoms with van der Waals surface area (Å²) >= 11 is 5.96. The van der Waals surface area contributed by atoms with Crippen molar-refractivity contribution in [3.63, 3.8) is 0 Å². The van der Waals surface area contributed by atoms with Crippen molar-refractivity contribution in [2.24, 2.45) is 5.10 Å². The molecular formula is C18H19ClN2O2. The van der Waals surface area contributed by atoms with Crippen LogP contribution >= 0.6 is 11.6 Å². The Morgan fingerprint density at radius 1 is 1.22 bits per heavy atom. The van der Waals surface area contributed by atoms with E-state index in [1.807, 2.05) is 12.1 Å². The van der Waals surface area contributed by atoms with Gasteiger partial charge in [-0.15, -0.1) is 0 Å². The van der Waals surface area contributed by atoms with Crippen LogP contribution in [0.15, 0.2) is 47.6 Å². The van der Waals surface area contributed by atoms with Gasteiger partial charge < -0.3 is 5.11 Å². The number of amides is 1. The molecule has 0 heterocycles. The smallest absolute Gasteiger partial charge is 0.272 e. The van der Waals surface area contributed by atoms with Crippen LogP contribution in [0.2, 0.25) is 5.02 Å². The summed E-state index contributed by atoms with van der Waals surface area (Å²) in [4.78, 5) is 12.0. The molecule has 120 valence electrons. The lowest BCUT2D eigenvalue weighted by Crippen LogP contribution is -2.18. The molecule has 1 amide bonds. The van der Waals surface area contributed by atoms with Crippen LogP contribution < -0.4 is 5.43 Å². The Hall–Kier alpha value is -2.33. The van der Waals surface area contributed by atoms with E-state index in [4.69, 9.17) is 11.6 Å². The molecule has 0 aliphatic rings. The summed E-state index contributed by atoms with van der Waals surface area (Å²) in [5.74, 6) is -0.299. The van der Waals surface area contributed by atoms with E-state index in [1.165, 1.54) is 6.21 Å². The SMILES string of the molecule is CC(C)(C)c1ccc(O)c(/C=N/NC(=O)c2ccccc2Cl)c1. The number of nitrogens with one attached hydrogen (secondary N) is 1. The van der Waals surface area contributed by atoms with Crippen molar-refractivity contribution in [1.82, 2.24) is 5.43 Å². The molecule has 2 N–H and O–H groups in total. The van der Waals surface area contributed by atoms with Crippen LogP contribution in [-0.4, -0.2) is 17.2 Å². The maximum atomic E-state index is 12.0. The lowest BCUT2D eigenvalue weighted by Gasteiger charge is -2.19. The molecule has 5 heteroatoms. The number of nitrogens with zero attached hydrogens (tertiary/aromatic N) is 1. The normalized spacial score (nSPS) is 11.7. The van der Waals surface area contributed by atoms with E-state index in [2.05, 4.69) is 31.3 Å². The van der Waals surface area contributed by atoms with Crippen LogP contribution in [0.3, 0.4) is 0 Å². The third-order valence-electron chi connectivity index (χ3n) is 3.38. The Morgan fingerprint density at radius 2 is 1.91 bits per heavy atom. The van der Waals surface area contributed by atoms with Crippen molar-refractivity contribution in [3.8, 4) is 5.75 Å². The molecule has 4 nitrogen and oxygen atoms in total. The highest BCUT2D eigenvalue weighted by Crippen LogP contribution is 2.26. The molecule has 0 aromatic heterocycles. The first-order chi connectivity index (χ1) is 10.8. The minimum atomic E-state index is -0.404. The van der Waals surface area contributed by atoms with Crippen molar-refractivity contribution >= 4 is 23.7 Å². The van der Waals surface area contributed by atoms with E-state index in [1.54, 1.807) is 30.3 Å². The van der Waals surface area contributed by atoms with Gasteiger partial charge in [0.05, 0.1) is 16.8 Å². The van der Waals surface area contributed by atoms with Crippen molar-refractivity contribution in [2.75, 3.05) is 0 Å². The second-order valence-electron chi connectivity index (χ2n) is 6.20. The summed E-state index contributed by atoms with van der Waals surface area (Å²) in [5.41, 5.74) is 4.31. The van der Waals surface area contributed by atoms with Gasteiger partial charge >= 0.3 is 0 Å². The summed E-state index contributed by atoms with van der Waals surface area (Å²) in [6, 6.07) is 12.1. The minimum absolute atomic E-state index is 0.0445. The van der Waals surface area contributed by atoms with Crippen molar-refractivity contribution < 1.29 is 9.90 Å². The maximum Gasteiger partial charge on any atom is 0.272 e. The number of aromatic hydroxyl groups is 1. The van der Waals surface area contributed by atoms with Crippen LogP contribution in [0, 0.1) is 0 Å². The van der Waals surface area contributed by atoms with Crippen LogP contribution in [-0.2, 0) is 5.41 Å². The zero-order valence-corrected chi connectivity index (χ0v) is 14.1. The fraction of sp³-hybridized carbons (Fsp3) is 0.222. The Labute approximate surface area is 140 Å². The summed E-state index contributed by atoms with van der Waals surface area (Å²) in [6.45, 7) is 6.25. The number of carbonyl (C=O) groups excluding carboxylic acids is 1. The van der Waals surface area contributed by atoms with Gasteiger partial charge in [-0.3, -0.25) is 4.79 Å². The third-order valence-corrected chi connectivity index (χ3v) is 3.71. The zero-order valence-electron chi connectivity index (χ0n) is 13.3. The Bertz CT molecular complexity index is 749. The standard InChI is InChI=1S/C18H19ClN2O2/c1-18(2,3)13-8-9-16(22)12(10-13)11-20-21-17(23)14-6-4-5-7-15(14)19/h4-11,22H,1-3H3,(H,21,23)/b20-11+. The van der Waals surface area contributed by atoms with Gasteiger partial charge in [0.1, 0.15) is 5.75 Å². The number of hydrogen-bond acceptors (Lipinski definition) is 3. The number of halogens is 1. The average molecular weight is 331 g/mol. The van der Waals surface area contributed by atoms with E-state index in [-0.39, 0.29) is 11.2 Å². The van der Waals surface area contributed by atoms with Crippen molar-refractivity contribution in [2.45, 2.75) is 26.2 Å². The minimum Gasteiger partial charge on any atom is -0.507 e. The highest BCUT2D eigenvalue weighted by atomic mass is 35.5. The molecule has 0 atom stereocenters. The fourth-order valence-corrected chi connectivity index (χ4v) is 2.21. The monoisotopic (exact) mass is 330 g/mol. The summed E-state index contributed by atoms with van der Waals surface area (Å²) < 4.78 is 0. The molecule has 23 heavy (non-hydrogen) atoms. The maximum absolute atomic E-state index is 12.0. The molecule has 2 aromatic carbocycles. The first-order valence-corrected chi connectivity index (χ1v) is 7.58. The molecule has 0 aliphatic carbocycles. The molecule has 0 radical (unpaired) electrons. The van der Waals surface area contributed by atoms with Gasteiger partial charge in [-0.05, 0) is 35.2 Å². The molecule has 0 spiro atoms. The fourth-order valence-electron chi connectivity index (χ4n) is 1.99. The van der Waals surface area contributed by atoms with Crippen LogP contribution in [0.1, 0.15) is 42.3 Å². The number of phenolic OH excluding ortho intramolecular Hbond substituents is 1. The molecular weight excluding hydrogens is 312 g/mol. The predicted molar refractivity (Wildman–Crippen MR) is 93.3 cm³/mol. The summed E-state index contributed by atoms with van der Waals surface area (Å²) in [7, 11) is 0. The number of hydrazone groups is 1. The average Bonchev–Trinajstić information content (AvgIpc) is 2.48. The van der Waals surface area contributed by atoms with E-state index in [9.17, 15) is 9.90 Å². The van der Waals surface area contributed by atoms with Gasteiger partial charge in [0.25, 0.3) is 5.91 Å². The second-order valence-corrected chi connectivity index (χ2v) is 6.61. The number of phenols is 1. The lowest BCUT2D eigenvalue weighted by molar-refractivity contribution is 0.0955. The first kappa shape index (κ1) is 17.0. The highest BCUT2D eigenvalue weighted by Gasteiger charge is 2.15. The second kappa shape index (κ2) is 6.84. The number of benzene rings is 2. The zero-order chi connectivity index (χ0) is 17.0. The largest absolute Gasteiger partial charge is 0.507 e. The van der Waals surface area contributed by atoms with Gasteiger partial charge in [-0.1, -0.05) is 50.6 Å². The predicted octanol–water partition coefficient (Wildman–Crippen LogP) is 4.11. The topological polar surface area (TPSA) is 61.7 Å². The molecule has 2 aromatic rings. The summed E-state index contributed by atoms with van der Waals surface area (Å²) in [5, 5.41) is 14.2. The van der Waals surface area contributed by atoms with E-state index in [0.29, 0.717) is 16.1 Å². The highest BCUT2D eigenvalue weighted by molar-refractivity contribution is 6.33. The number of carbonyl (C=O) groups is 1. The van der Waals surface area contributed by atoms with Crippen molar-refractivity contribution in [1.29, 1.82) is 0 Å². The van der Waals surface area contributed by atoms with Gasteiger partial charge in [0.15, 0.2) is 0 Å². The Morgan fingerprint density at radius 3 is 2.57 bits per heavy atom. The van der Waals surface area contributed by atoms with Crippen LogP contribution in [0.25, 0.3) is 0 Å². The van der Waals surface area contributed by atoms with Gasteiger partial charge in [-0.2, -0.15) is 5.10 Å². The Kier molecular flexibility index (Phi) is 5.06. The van der Waals surface area contributed by atoms with Crippen LogP contribution in [0.5, 0.6) is 5.75 Å². The molecule has 0 bridgehead atoms. The van der Waals surface area contributed by atoms with E-state index >= 15 is 0 Å². The van der Waals surface area contributed by atoms with Crippen molar-refractivity contribution in [3.05, 3.63) is 64.2 Å². The van der Waals surface area contributed by atoms with E-state index < -0.39 is 5.91 Å². The first-order valence-electron chi connectivity index (χ1n) is 7.20. The summed E-state index contributed by atoms with van der Waals surface area (Å²) in [6.07, 6.45) is 1.42. The third kappa shape index (κ3) is 4.33.